The van der Waals surface area contributed by atoms with E-state index in [1.807, 2.05) is 6.92 Å². The predicted molar refractivity (Wildman–Crippen MR) is 63.9 cm³/mol. The predicted octanol–water partition coefficient (Wildman–Crippen LogP) is 0.525. The van der Waals surface area contributed by atoms with Gasteiger partial charge in [0.2, 0.25) is 0 Å². The lowest BCUT2D eigenvalue weighted by molar-refractivity contribution is 0.0955. The minimum Gasteiger partial charge on any atom is -0.351 e. The highest BCUT2D eigenvalue weighted by Gasteiger charge is 2.14. The van der Waals surface area contributed by atoms with E-state index >= 15 is 0 Å². The molecule has 1 aromatic rings. The second-order valence-electron chi connectivity index (χ2n) is 3.50. The van der Waals surface area contributed by atoms with Crippen molar-refractivity contribution in [3.63, 3.8) is 0 Å². The monoisotopic (exact) mass is 243 g/mol. The summed E-state index contributed by atoms with van der Waals surface area (Å²) < 4.78 is 11.2. The lowest BCUT2D eigenvalue weighted by atomic mass is 10.2. The molecule has 0 bridgehead atoms. The molecular formula is C10H17N3O2S. The molecule has 1 aromatic heterocycles. The van der Waals surface area contributed by atoms with Crippen LogP contribution in [0.25, 0.3) is 0 Å². The first-order valence-corrected chi connectivity index (χ1v) is 6.69. The fourth-order valence-electron chi connectivity index (χ4n) is 1.40. The lowest BCUT2D eigenvalue weighted by Crippen LogP contribution is -2.28. The highest BCUT2D eigenvalue weighted by Crippen LogP contribution is 2.08. The number of hydrogen-bond donors (Lipinski definition) is 2. The van der Waals surface area contributed by atoms with Crippen LogP contribution in [0.1, 0.15) is 28.7 Å². The van der Waals surface area contributed by atoms with Crippen LogP contribution >= 0.6 is 0 Å². The Morgan fingerprint density at radius 3 is 2.69 bits per heavy atom. The molecule has 1 heterocycles. The molecule has 0 aromatic carbocycles. The van der Waals surface area contributed by atoms with Crippen molar-refractivity contribution in [2.24, 2.45) is 0 Å². The minimum absolute atomic E-state index is 0.156. The number of carbonyl (C=O) groups excluding carboxylic acids is 1. The Morgan fingerprint density at radius 1 is 1.50 bits per heavy atom. The van der Waals surface area contributed by atoms with E-state index in [1.54, 1.807) is 13.8 Å². The molecule has 1 rings (SSSR count). The highest BCUT2D eigenvalue weighted by molar-refractivity contribution is 7.84. The van der Waals surface area contributed by atoms with Crippen LogP contribution in [0.2, 0.25) is 0 Å². The first kappa shape index (κ1) is 12.9. The van der Waals surface area contributed by atoms with E-state index in [-0.39, 0.29) is 5.91 Å². The van der Waals surface area contributed by atoms with Gasteiger partial charge in [-0.15, -0.1) is 0 Å². The fourth-order valence-corrected chi connectivity index (χ4v) is 2.01. The Morgan fingerprint density at radius 2 is 2.19 bits per heavy atom. The number of carbonyl (C=O) groups is 1. The van der Waals surface area contributed by atoms with Crippen LogP contribution in [-0.2, 0) is 10.8 Å². The van der Waals surface area contributed by atoms with Gasteiger partial charge in [0.1, 0.15) is 0 Å². The molecule has 2 N–H and O–H groups in total. The third-order valence-corrected chi connectivity index (χ3v) is 3.60. The Kier molecular flexibility index (Phi) is 4.67. The molecule has 0 saturated heterocycles. The molecule has 0 aliphatic heterocycles. The van der Waals surface area contributed by atoms with Gasteiger partial charge < -0.3 is 5.32 Å². The number of amides is 1. The number of aryl methyl sites for hydroxylation is 2. The van der Waals surface area contributed by atoms with Crippen molar-refractivity contribution in [1.82, 2.24) is 15.5 Å². The summed E-state index contributed by atoms with van der Waals surface area (Å²) in [6.07, 6.45) is 0. The molecule has 6 heteroatoms. The molecule has 0 radical (unpaired) electrons. The molecule has 0 saturated carbocycles. The largest absolute Gasteiger partial charge is 0.351 e. The average Bonchev–Trinajstić information content (AvgIpc) is 2.58. The molecule has 1 amide bonds. The number of aromatic nitrogens is 2. The summed E-state index contributed by atoms with van der Waals surface area (Å²) in [6, 6.07) is 0. The van der Waals surface area contributed by atoms with Gasteiger partial charge in [-0.1, -0.05) is 6.92 Å². The van der Waals surface area contributed by atoms with Gasteiger partial charge in [-0.3, -0.25) is 14.1 Å². The second kappa shape index (κ2) is 5.79. The van der Waals surface area contributed by atoms with E-state index in [4.69, 9.17) is 0 Å². The minimum atomic E-state index is -0.839. The maximum atomic E-state index is 11.7. The average molecular weight is 243 g/mol. The van der Waals surface area contributed by atoms with Gasteiger partial charge in [-0.2, -0.15) is 5.10 Å². The smallest absolute Gasteiger partial charge is 0.255 e. The number of H-pyrrole nitrogens is 1. The van der Waals surface area contributed by atoms with Crippen molar-refractivity contribution in [2.75, 3.05) is 18.1 Å². The van der Waals surface area contributed by atoms with E-state index in [2.05, 4.69) is 15.5 Å². The number of hydrogen-bond acceptors (Lipinski definition) is 3. The van der Waals surface area contributed by atoms with Crippen LogP contribution in [-0.4, -0.2) is 38.4 Å². The van der Waals surface area contributed by atoms with Crippen molar-refractivity contribution < 1.29 is 9.00 Å². The van der Waals surface area contributed by atoms with E-state index in [0.29, 0.717) is 29.3 Å². The zero-order chi connectivity index (χ0) is 12.1. The van der Waals surface area contributed by atoms with Crippen molar-refractivity contribution >= 4 is 16.7 Å². The zero-order valence-electron chi connectivity index (χ0n) is 9.79. The van der Waals surface area contributed by atoms with Crippen LogP contribution in [0.15, 0.2) is 0 Å². The third kappa shape index (κ3) is 3.16. The molecule has 0 fully saturated rings. The second-order valence-corrected chi connectivity index (χ2v) is 5.36. The molecule has 0 aliphatic carbocycles. The molecule has 5 nitrogen and oxygen atoms in total. The van der Waals surface area contributed by atoms with Crippen LogP contribution in [0.3, 0.4) is 0 Å². The van der Waals surface area contributed by atoms with Crippen LogP contribution in [0.5, 0.6) is 0 Å². The first-order chi connectivity index (χ1) is 7.56. The Hall–Kier alpha value is -1.17. The number of nitrogens with one attached hydrogen (secondary N) is 2. The molecule has 90 valence electrons. The van der Waals surface area contributed by atoms with Crippen LogP contribution < -0.4 is 5.32 Å². The van der Waals surface area contributed by atoms with E-state index in [1.165, 1.54) is 0 Å². The van der Waals surface area contributed by atoms with E-state index < -0.39 is 10.8 Å². The normalized spacial score (nSPS) is 12.4. The summed E-state index contributed by atoms with van der Waals surface area (Å²) in [5.74, 6) is 0.967. The number of aromatic amines is 1. The zero-order valence-corrected chi connectivity index (χ0v) is 10.6. The van der Waals surface area contributed by atoms with E-state index in [9.17, 15) is 9.00 Å². The van der Waals surface area contributed by atoms with Crippen molar-refractivity contribution in [1.29, 1.82) is 0 Å². The van der Waals surface area contributed by atoms with Crippen molar-refractivity contribution in [3.05, 3.63) is 17.0 Å². The summed E-state index contributed by atoms with van der Waals surface area (Å²) in [6.45, 7) is 5.88. The Bertz CT molecular complexity index is 381. The quantitative estimate of drug-likeness (QED) is 0.792. The molecular weight excluding hydrogens is 226 g/mol. The molecule has 0 aliphatic rings. The maximum absolute atomic E-state index is 11.7. The Balaban J connectivity index is 2.50. The topological polar surface area (TPSA) is 74.8 Å². The van der Waals surface area contributed by atoms with Crippen molar-refractivity contribution in [2.45, 2.75) is 20.8 Å². The SMILES string of the molecule is CCS(=O)CCNC(=O)c1c(C)n[nH]c1C. The first-order valence-electron chi connectivity index (χ1n) is 5.21. The number of rotatable bonds is 5. The van der Waals surface area contributed by atoms with Gasteiger partial charge in [0, 0.05) is 34.5 Å². The summed E-state index contributed by atoms with van der Waals surface area (Å²) in [5.41, 5.74) is 2.03. The summed E-state index contributed by atoms with van der Waals surface area (Å²) >= 11 is 0. The summed E-state index contributed by atoms with van der Waals surface area (Å²) in [5, 5.41) is 9.45. The molecule has 1 atom stereocenters. The van der Waals surface area contributed by atoms with Gasteiger partial charge in [0.15, 0.2) is 0 Å². The fraction of sp³-hybridized carbons (Fsp3) is 0.600. The third-order valence-electron chi connectivity index (χ3n) is 2.29. The summed E-state index contributed by atoms with van der Waals surface area (Å²) in [4.78, 5) is 11.7. The highest BCUT2D eigenvalue weighted by atomic mass is 32.2. The Labute approximate surface area is 97.5 Å². The van der Waals surface area contributed by atoms with Crippen LogP contribution in [0.4, 0.5) is 0 Å². The molecule has 1 unspecified atom stereocenters. The van der Waals surface area contributed by atoms with Crippen molar-refractivity contribution in [3.8, 4) is 0 Å². The van der Waals surface area contributed by atoms with Gasteiger partial charge in [-0.25, -0.2) is 0 Å². The van der Waals surface area contributed by atoms with Gasteiger partial charge in [-0.05, 0) is 13.8 Å². The van der Waals surface area contributed by atoms with Gasteiger partial charge in [0.25, 0.3) is 5.91 Å². The lowest BCUT2D eigenvalue weighted by Gasteiger charge is -2.04. The number of nitrogens with zero attached hydrogens (tertiary/aromatic N) is 1. The van der Waals surface area contributed by atoms with Gasteiger partial charge >= 0.3 is 0 Å². The molecule has 16 heavy (non-hydrogen) atoms. The summed E-state index contributed by atoms with van der Waals surface area (Å²) in [7, 11) is -0.839. The van der Waals surface area contributed by atoms with E-state index in [0.717, 1.165) is 5.69 Å². The molecule has 0 spiro atoms. The maximum Gasteiger partial charge on any atom is 0.255 e. The standard InChI is InChI=1S/C10H17N3O2S/c1-4-16(15)6-5-11-10(14)9-7(2)12-13-8(9)3/h4-6H2,1-3H3,(H,11,14)(H,12,13). The van der Waals surface area contributed by atoms with Gasteiger partial charge in [0.05, 0.1) is 11.3 Å². The van der Waals surface area contributed by atoms with Crippen LogP contribution in [0, 0.1) is 13.8 Å².